The molecule has 3 N–H and O–H groups in total. The number of urea groups is 1. The molecule has 3 rings (SSSR count). The number of aromatic nitrogens is 1. The number of hydrogen-bond acceptors (Lipinski definition) is 6. The van der Waals surface area contributed by atoms with Crippen LogP contribution in [0.15, 0.2) is 42.6 Å². The minimum absolute atomic E-state index is 0.128. The summed E-state index contributed by atoms with van der Waals surface area (Å²) in [5.41, 5.74) is 0.972. The van der Waals surface area contributed by atoms with E-state index in [9.17, 15) is 19.2 Å². The molecule has 0 aliphatic carbocycles. The first-order valence-electron chi connectivity index (χ1n) is 11.7. The molecule has 0 unspecified atom stereocenters. The highest BCUT2D eigenvalue weighted by Gasteiger charge is 2.42. The molecule has 1 aliphatic rings. The zero-order chi connectivity index (χ0) is 26.4. The number of anilines is 1. The Morgan fingerprint density at radius 3 is 2.31 bits per heavy atom. The van der Waals surface area contributed by atoms with Crippen LogP contribution < -0.4 is 20.7 Å². The van der Waals surface area contributed by atoms with Crippen molar-refractivity contribution < 1.29 is 28.7 Å². The summed E-state index contributed by atoms with van der Waals surface area (Å²) in [6.45, 7) is 3.71. The number of benzene rings is 1. The number of carbonyl (C=O) groups is 4. The number of methoxy groups -OCH3 is 2. The maximum absolute atomic E-state index is 13.3. The topological polar surface area (TPSA) is 131 Å². The van der Waals surface area contributed by atoms with E-state index >= 15 is 0 Å². The van der Waals surface area contributed by atoms with Gasteiger partial charge in [-0.1, -0.05) is 13.8 Å². The lowest BCUT2D eigenvalue weighted by molar-refractivity contribution is -0.146. The van der Waals surface area contributed by atoms with Gasteiger partial charge in [0.15, 0.2) is 0 Å². The Morgan fingerprint density at radius 2 is 1.75 bits per heavy atom. The molecule has 1 aromatic heterocycles. The van der Waals surface area contributed by atoms with Crippen LogP contribution in [-0.4, -0.2) is 72.2 Å². The Balaban J connectivity index is 1.75. The van der Waals surface area contributed by atoms with Crippen molar-refractivity contribution in [2.75, 3.05) is 26.1 Å². The van der Waals surface area contributed by atoms with Crippen LogP contribution >= 0.6 is 0 Å². The summed E-state index contributed by atoms with van der Waals surface area (Å²) in [4.78, 5) is 52.8. The maximum atomic E-state index is 13.3. The molecule has 4 amide bonds. The van der Waals surface area contributed by atoms with Crippen LogP contribution in [0, 0.1) is 5.92 Å². The molecule has 11 nitrogen and oxygen atoms in total. The second kappa shape index (κ2) is 11.6. The van der Waals surface area contributed by atoms with Crippen LogP contribution in [0.5, 0.6) is 5.75 Å². The molecule has 1 saturated heterocycles. The van der Waals surface area contributed by atoms with Crippen molar-refractivity contribution in [1.82, 2.24) is 20.1 Å². The van der Waals surface area contributed by atoms with Crippen LogP contribution in [0.1, 0.15) is 30.8 Å². The molecule has 1 fully saturated rings. The van der Waals surface area contributed by atoms with Gasteiger partial charge in [0.1, 0.15) is 23.5 Å². The van der Waals surface area contributed by atoms with Gasteiger partial charge in [-0.2, -0.15) is 0 Å². The van der Waals surface area contributed by atoms with Gasteiger partial charge in [0.2, 0.25) is 5.91 Å². The number of aryl methyl sites for hydroxylation is 1. The minimum atomic E-state index is -0.885. The van der Waals surface area contributed by atoms with Crippen LogP contribution in [0.25, 0.3) is 0 Å². The highest BCUT2D eigenvalue weighted by molar-refractivity contribution is 5.98. The van der Waals surface area contributed by atoms with Crippen molar-refractivity contribution in [2.45, 2.75) is 38.4 Å². The Bertz CT molecular complexity index is 1100. The summed E-state index contributed by atoms with van der Waals surface area (Å²) < 4.78 is 11.6. The number of carbonyl (C=O) groups excluding carboxylic acids is 4. The van der Waals surface area contributed by atoms with Crippen LogP contribution in [0.3, 0.4) is 0 Å². The van der Waals surface area contributed by atoms with Crippen molar-refractivity contribution in [3.63, 3.8) is 0 Å². The van der Waals surface area contributed by atoms with Gasteiger partial charge < -0.3 is 34.9 Å². The highest BCUT2D eigenvalue weighted by Crippen LogP contribution is 2.22. The molecule has 194 valence electrons. The van der Waals surface area contributed by atoms with Gasteiger partial charge >= 0.3 is 12.0 Å². The third kappa shape index (κ3) is 6.15. The highest BCUT2D eigenvalue weighted by atomic mass is 16.5. The Labute approximate surface area is 210 Å². The predicted octanol–water partition coefficient (Wildman–Crippen LogP) is 1.75. The Morgan fingerprint density at radius 1 is 1.06 bits per heavy atom. The summed E-state index contributed by atoms with van der Waals surface area (Å²) in [6.07, 6.45) is 1.92. The van der Waals surface area contributed by atoms with E-state index in [2.05, 4.69) is 16.0 Å². The van der Waals surface area contributed by atoms with Crippen molar-refractivity contribution in [1.29, 1.82) is 0 Å². The van der Waals surface area contributed by atoms with Gasteiger partial charge in [-0.3, -0.25) is 9.59 Å². The van der Waals surface area contributed by atoms with Crippen LogP contribution in [0.4, 0.5) is 10.5 Å². The SMILES string of the molecule is COC(=O)[C@H](NC(=O)[C@@H]1C[C@H](NC(=O)Nc2ccc(OC)cc2)CN1C(=O)c1cccn1C)C(C)C. The molecule has 2 aromatic rings. The zero-order valence-electron chi connectivity index (χ0n) is 21.1. The monoisotopic (exact) mass is 499 g/mol. The van der Waals surface area contributed by atoms with Crippen molar-refractivity contribution in [3.05, 3.63) is 48.3 Å². The Hall–Kier alpha value is -4.02. The van der Waals surface area contributed by atoms with E-state index in [4.69, 9.17) is 9.47 Å². The fraction of sp³-hybridized carbons (Fsp3) is 0.440. The van der Waals surface area contributed by atoms with Crippen LogP contribution in [0.2, 0.25) is 0 Å². The summed E-state index contributed by atoms with van der Waals surface area (Å²) in [5.74, 6) is -0.954. The number of rotatable bonds is 8. The third-order valence-corrected chi connectivity index (χ3v) is 6.13. The second-order valence-electron chi connectivity index (χ2n) is 8.99. The molecule has 1 aliphatic heterocycles. The first-order chi connectivity index (χ1) is 17.1. The summed E-state index contributed by atoms with van der Waals surface area (Å²) in [7, 11) is 4.55. The number of nitrogens with zero attached hydrogens (tertiary/aromatic N) is 2. The molecule has 36 heavy (non-hydrogen) atoms. The number of nitrogens with one attached hydrogen (secondary N) is 3. The maximum Gasteiger partial charge on any atom is 0.328 e. The number of hydrogen-bond donors (Lipinski definition) is 3. The van der Waals surface area contributed by atoms with E-state index in [0.717, 1.165) is 0 Å². The van der Waals surface area contributed by atoms with E-state index in [0.29, 0.717) is 17.1 Å². The lowest BCUT2D eigenvalue weighted by atomic mass is 10.0. The van der Waals surface area contributed by atoms with E-state index in [1.54, 1.807) is 75.2 Å². The van der Waals surface area contributed by atoms with Gasteiger partial charge in [-0.15, -0.1) is 0 Å². The van der Waals surface area contributed by atoms with E-state index in [-0.39, 0.29) is 24.8 Å². The van der Waals surface area contributed by atoms with E-state index in [1.165, 1.54) is 12.0 Å². The fourth-order valence-electron chi connectivity index (χ4n) is 4.15. The number of amides is 4. The van der Waals surface area contributed by atoms with Crippen LogP contribution in [-0.2, 0) is 21.4 Å². The number of esters is 1. The predicted molar refractivity (Wildman–Crippen MR) is 133 cm³/mol. The molecule has 0 spiro atoms. The molecule has 0 bridgehead atoms. The minimum Gasteiger partial charge on any atom is -0.497 e. The molecule has 0 radical (unpaired) electrons. The molecule has 3 atom stereocenters. The summed E-state index contributed by atoms with van der Waals surface area (Å²) in [6, 6.07) is 7.55. The fourth-order valence-corrected chi connectivity index (χ4v) is 4.15. The normalized spacial score (nSPS) is 17.9. The molecule has 11 heteroatoms. The van der Waals surface area contributed by atoms with Gasteiger partial charge in [0, 0.05) is 25.5 Å². The van der Waals surface area contributed by atoms with Crippen molar-refractivity contribution in [2.24, 2.45) is 13.0 Å². The lowest BCUT2D eigenvalue weighted by Crippen LogP contribution is -2.52. The van der Waals surface area contributed by atoms with Crippen molar-refractivity contribution in [3.8, 4) is 5.75 Å². The molecular formula is C25H33N5O6. The smallest absolute Gasteiger partial charge is 0.328 e. The lowest BCUT2D eigenvalue weighted by Gasteiger charge is -2.27. The van der Waals surface area contributed by atoms with Gasteiger partial charge in [-0.05, 0) is 48.7 Å². The Kier molecular flexibility index (Phi) is 8.57. The molecular weight excluding hydrogens is 466 g/mol. The molecule has 0 saturated carbocycles. The number of ether oxygens (including phenoxy) is 2. The average molecular weight is 500 g/mol. The third-order valence-electron chi connectivity index (χ3n) is 6.13. The molecule has 2 heterocycles. The summed E-state index contributed by atoms with van der Waals surface area (Å²) in [5, 5.41) is 8.31. The van der Waals surface area contributed by atoms with Gasteiger partial charge in [0.25, 0.3) is 5.91 Å². The van der Waals surface area contributed by atoms with Gasteiger partial charge in [0.05, 0.1) is 20.3 Å². The first kappa shape index (κ1) is 26.6. The first-order valence-corrected chi connectivity index (χ1v) is 11.7. The van der Waals surface area contributed by atoms with Gasteiger partial charge in [-0.25, -0.2) is 9.59 Å². The standard InChI is InChI=1S/C25H33N5O6/c1-15(2)21(24(33)36-5)28-22(31)20-13-17(14-30(20)23(32)19-7-6-12-29(19)3)27-25(34)26-16-8-10-18(35-4)11-9-16/h6-12,15,17,20-21H,13-14H2,1-5H3,(H,28,31)(H2,26,27,34)/t17-,20-,21+/m0/s1. The average Bonchev–Trinajstić information content (AvgIpc) is 3.48. The molecule has 1 aromatic carbocycles. The summed E-state index contributed by atoms with van der Waals surface area (Å²) >= 11 is 0. The van der Waals surface area contributed by atoms with Crippen molar-refractivity contribution >= 4 is 29.5 Å². The van der Waals surface area contributed by atoms with E-state index in [1.807, 2.05) is 0 Å². The van der Waals surface area contributed by atoms with E-state index < -0.39 is 36.0 Å². The largest absolute Gasteiger partial charge is 0.497 e. The number of likely N-dealkylation sites (tertiary alicyclic amines) is 1. The zero-order valence-corrected chi connectivity index (χ0v) is 21.1. The quantitative estimate of drug-likeness (QED) is 0.475. The second-order valence-corrected chi connectivity index (χ2v) is 8.99.